The fraction of sp³-hybridized carbons (Fsp3) is 0.133. The van der Waals surface area contributed by atoms with E-state index < -0.39 is 13.2 Å². The fourth-order valence-electron chi connectivity index (χ4n) is 1.79. The second-order valence-electron chi connectivity index (χ2n) is 4.49. The van der Waals surface area contributed by atoms with Gasteiger partial charge < -0.3 is 14.6 Å². The van der Waals surface area contributed by atoms with Gasteiger partial charge in [-0.25, -0.2) is 4.79 Å². The molecule has 0 saturated heterocycles. The second-order valence-corrected chi connectivity index (χ2v) is 4.49. The van der Waals surface area contributed by atoms with Gasteiger partial charge in [-0.1, -0.05) is 60.7 Å². The minimum atomic E-state index is -1.25. The van der Waals surface area contributed by atoms with Crippen molar-refractivity contribution < 1.29 is 14.5 Å². The number of amides is 1. The van der Waals surface area contributed by atoms with Crippen LogP contribution in [0.1, 0.15) is 5.56 Å². The lowest BCUT2D eigenvalue weighted by Gasteiger charge is -2.18. The van der Waals surface area contributed by atoms with Crippen molar-refractivity contribution >= 4 is 18.7 Å². The van der Waals surface area contributed by atoms with Crippen LogP contribution in [0.5, 0.6) is 0 Å². The molecule has 0 saturated carbocycles. The molecule has 1 N–H and O–H groups in total. The molecule has 0 fully saturated rings. The maximum Gasteiger partial charge on any atom is 0.563 e. The second kappa shape index (κ2) is 6.77. The summed E-state index contributed by atoms with van der Waals surface area (Å²) in [5.74, 6) is 0. The molecule has 0 aliphatic rings. The molecule has 0 aromatic heterocycles. The standard InChI is InChI=1S/C15H16BNO3/c1-17(12-13-8-4-2-5-9-13)15(18)20-16(19)14-10-6-3-7-11-14/h2-11,19H,12H2,1H3. The molecule has 0 atom stereocenters. The number of rotatable bonds is 4. The Hall–Kier alpha value is -2.27. The predicted molar refractivity (Wildman–Crippen MR) is 78.4 cm³/mol. The third-order valence-electron chi connectivity index (χ3n) is 2.87. The zero-order valence-electron chi connectivity index (χ0n) is 11.3. The molecule has 0 spiro atoms. The minimum Gasteiger partial charge on any atom is -0.489 e. The molecule has 2 aromatic rings. The van der Waals surface area contributed by atoms with Gasteiger partial charge in [-0.15, -0.1) is 0 Å². The van der Waals surface area contributed by atoms with E-state index in [2.05, 4.69) is 0 Å². The van der Waals surface area contributed by atoms with E-state index in [9.17, 15) is 9.82 Å². The van der Waals surface area contributed by atoms with E-state index in [0.29, 0.717) is 12.0 Å². The fourth-order valence-corrected chi connectivity index (χ4v) is 1.79. The number of hydrogen-bond donors (Lipinski definition) is 1. The Balaban J connectivity index is 1.91. The van der Waals surface area contributed by atoms with Crippen LogP contribution in [0.25, 0.3) is 0 Å². The van der Waals surface area contributed by atoms with E-state index in [1.807, 2.05) is 36.4 Å². The predicted octanol–water partition coefficient (Wildman–Crippen LogP) is 1.64. The first kappa shape index (κ1) is 14.2. The molecule has 0 aliphatic carbocycles. The Kier molecular flexibility index (Phi) is 4.79. The highest BCUT2D eigenvalue weighted by Crippen LogP contribution is 2.04. The lowest BCUT2D eigenvalue weighted by Crippen LogP contribution is -2.40. The van der Waals surface area contributed by atoms with E-state index in [0.717, 1.165) is 5.56 Å². The molecule has 1 amide bonds. The van der Waals surface area contributed by atoms with Crippen LogP contribution in [0, 0.1) is 0 Å². The summed E-state index contributed by atoms with van der Waals surface area (Å²) in [4.78, 5) is 13.3. The first-order valence-electron chi connectivity index (χ1n) is 6.35. The van der Waals surface area contributed by atoms with Crippen molar-refractivity contribution in [3.8, 4) is 0 Å². The van der Waals surface area contributed by atoms with Crippen LogP contribution in [-0.2, 0) is 11.2 Å². The number of nitrogens with zero attached hydrogens (tertiary/aromatic N) is 1. The van der Waals surface area contributed by atoms with Gasteiger partial charge in [0.25, 0.3) is 0 Å². The average Bonchev–Trinajstić information content (AvgIpc) is 2.49. The molecule has 0 aliphatic heterocycles. The van der Waals surface area contributed by atoms with Crippen LogP contribution in [0.3, 0.4) is 0 Å². The summed E-state index contributed by atoms with van der Waals surface area (Å²) in [5, 5.41) is 9.84. The van der Waals surface area contributed by atoms with E-state index >= 15 is 0 Å². The zero-order valence-corrected chi connectivity index (χ0v) is 11.3. The summed E-state index contributed by atoms with van der Waals surface area (Å²) in [7, 11) is 0.384. The Labute approximate surface area is 118 Å². The Morgan fingerprint density at radius 3 is 2.25 bits per heavy atom. The van der Waals surface area contributed by atoms with Crippen LogP contribution < -0.4 is 5.46 Å². The topological polar surface area (TPSA) is 49.8 Å². The lowest BCUT2D eigenvalue weighted by atomic mass is 9.80. The first-order valence-corrected chi connectivity index (χ1v) is 6.35. The SMILES string of the molecule is CN(Cc1ccccc1)C(=O)OB(O)c1ccccc1. The molecule has 4 nitrogen and oxygen atoms in total. The Morgan fingerprint density at radius 1 is 1.10 bits per heavy atom. The average molecular weight is 269 g/mol. The molecule has 2 aromatic carbocycles. The summed E-state index contributed by atoms with van der Waals surface area (Å²) >= 11 is 0. The van der Waals surface area contributed by atoms with Crippen molar-refractivity contribution in [3.63, 3.8) is 0 Å². The van der Waals surface area contributed by atoms with Crippen molar-refractivity contribution in [2.45, 2.75) is 6.54 Å². The number of carbonyl (C=O) groups is 1. The molecular weight excluding hydrogens is 253 g/mol. The van der Waals surface area contributed by atoms with Gasteiger partial charge in [-0.3, -0.25) is 0 Å². The summed E-state index contributed by atoms with van der Waals surface area (Å²) in [6.07, 6.45) is -0.565. The Morgan fingerprint density at radius 2 is 1.65 bits per heavy atom. The maximum atomic E-state index is 11.9. The summed E-state index contributed by atoms with van der Waals surface area (Å²) < 4.78 is 5.01. The number of carbonyl (C=O) groups excluding carboxylic acids is 1. The van der Waals surface area contributed by atoms with Crippen molar-refractivity contribution in [2.75, 3.05) is 7.05 Å². The molecule has 0 unspecified atom stereocenters. The third kappa shape index (κ3) is 3.86. The number of benzene rings is 2. The highest BCUT2D eigenvalue weighted by atomic mass is 16.6. The van der Waals surface area contributed by atoms with Crippen LogP contribution in [0.2, 0.25) is 0 Å². The molecule has 0 radical (unpaired) electrons. The van der Waals surface area contributed by atoms with Crippen LogP contribution >= 0.6 is 0 Å². The monoisotopic (exact) mass is 269 g/mol. The Bertz CT molecular complexity index is 548. The summed E-state index contributed by atoms with van der Waals surface area (Å²) in [5.41, 5.74) is 1.55. The minimum absolute atomic E-state index is 0.432. The number of hydrogen-bond acceptors (Lipinski definition) is 3. The zero-order chi connectivity index (χ0) is 14.4. The third-order valence-corrected chi connectivity index (χ3v) is 2.87. The molecule has 0 heterocycles. The van der Waals surface area contributed by atoms with Gasteiger partial charge in [-0.2, -0.15) is 0 Å². The van der Waals surface area contributed by atoms with Crippen molar-refractivity contribution in [2.24, 2.45) is 0 Å². The van der Waals surface area contributed by atoms with E-state index in [1.165, 1.54) is 4.90 Å². The van der Waals surface area contributed by atoms with Gasteiger partial charge in [0.2, 0.25) is 0 Å². The summed E-state index contributed by atoms with van der Waals surface area (Å²) in [6.45, 7) is 0.432. The smallest absolute Gasteiger partial charge is 0.489 e. The molecule has 20 heavy (non-hydrogen) atoms. The highest BCUT2D eigenvalue weighted by molar-refractivity contribution is 6.61. The quantitative estimate of drug-likeness (QED) is 0.858. The van der Waals surface area contributed by atoms with Gasteiger partial charge in [0.1, 0.15) is 0 Å². The van der Waals surface area contributed by atoms with Gasteiger partial charge in [0.15, 0.2) is 0 Å². The van der Waals surface area contributed by atoms with Gasteiger partial charge in [0.05, 0.1) is 0 Å². The van der Waals surface area contributed by atoms with Crippen LogP contribution in [0.15, 0.2) is 60.7 Å². The van der Waals surface area contributed by atoms with Crippen molar-refractivity contribution in [1.29, 1.82) is 0 Å². The van der Waals surface area contributed by atoms with Crippen LogP contribution in [0.4, 0.5) is 4.79 Å². The normalized spacial score (nSPS) is 9.90. The van der Waals surface area contributed by atoms with Gasteiger partial charge >= 0.3 is 13.2 Å². The van der Waals surface area contributed by atoms with Gasteiger partial charge in [0, 0.05) is 13.6 Å². The maximum absolute atomic E-state index is 11.9. The van der Waals surface area contributed by atoms with Crippen LogP contribution in [-0.4, -0.2) is 30.2 Å². The van der Waals surface area contributed by atoms with E-state index in [-0.39, 0.29) is 0 Å². The van der Waals surface area contributed by atoms with E-state index in [4.69, 9.17) is 4.65 Å². The van der Waals surface area contributed by atoms with E-state index in [1.54, 1.807) is 31.3 Å². The largest absolute Gasteiger partial charge is 0.563 e. The van der Waals surface area contributed by atoms with Gasteiger partial charge in [-0.05, 0) is 11.0 Å². The molecule has 2 rings (SSSR count). The first-order chi connectivity index (χ1) is 9.66. The van der Waals surface area contributed by atoms with Crippen molar-refractivity contribution in [1.82, 2.24) is 4.90 Å². The highest BCUT2D eigenvalue weighted by Gasteiger charge is 2.23. The lowest BCUT2D eigenvalue weighted by molar-refractivity contribution is 0.154. The molecule has 5 heteroatoms. The summed E-state index contributed by atoms with van der Waals surface area (Å²) in [6, 6.07) is 18.4. The van der Waals surface area contributed by atoms with Crippen molar-refractivity contribution in [3.05, 3.63) is 66.2 Å². The molecule has 102 valence electrons. The molecular formula is C15H16BNO3. The molecule has 0 bridgehead atoms.